The average molecular weight is 1930 g/mol. The number of amides is 2. The van der Waals surface area contributed by atoms with Crippen LogP contribution in [0.5, 0.6) is 0 Å². The molecule has 3 aromatic carbocycles. The van der Waals surface area contributed by atoms with E-state index in [-0.39, 0.29) is 82.0 Å². The number of aromatic nitrogens is 4. The summed E-state index contributed by atoms with van der Waals surface area (Å²) >= 11 is 13.9. The molecule has 123 heavy (non-hydrogen) atoms. The van der Waals surface area contributed by atoms with E-state index in [1.807, 2.05) is 0 Å². The minimum absolute atomic E-state index is 0. The Morgan fingerprint density at radius 3 is 0.935 bits per heavy atom. The Hall–Kier alpha value is -5.58. The molecule has 2 aliphatic heterocycles. The fourth-order valence-corrected chi connectivity index (χ4v) is 18.7. The van der Waals surface area contributed by atoms with Crippen LogP contribution in [-0.2, 0) is 38.2 Å². The fourth-order valence-electron chi connectivity index (χ4n) is 10.9. The van der Waals surface area contributed by atoms with Crippen LogP contribution >= 0.6 is 56.4 Å². The van der Waals surface area contributed by atoms with Gasteiger partial charge >= 0.3 is 216 Å². The van der Waals surface area contributed by atoms with Gasteiger partial charge in [-0.3, -0.25) is 33.1 Å². The number of carbonyl (C=O) groups excluding carboxylic acids is 4. The van der Waals surface area contributed by atoms with Crippen molar-refractivity contribution < 1.29 is 75.3 Å². The van der Waals surface area contributed by atoms with Crippen LogP contribution in [0.1, 0.15) is 295 Å². The molecule has 2 aliphatic carbocycles. The number of imidazole rings is 2. The first-order valence-electron chi connectivity index (χ1n) is 43.5. The number of hydrogen-bond acceptors (Lipinski definition) is 11. The van der Waals surface area contributed by atoms with Gasteiger partial charge in [0.15, 0.2) is 0 Å². The molecule has 9 rings (SSSR count). The van der Waals surface area contributed by atoms with Crippen molar-refractivity contribution in [2.75, 3.05) is 66.1 Å². The van der Waals surface area contributed by atoms with Crippen molar-refractivity contribution in [1.29, 1.82) is 0 Å². The van der Waals surface area contributed by atoms with Crippen LogP contribution in [0.4, 0.5) is 4.79 Å². The predicted molar refractivity (Wildman–Crippen MR) is 525 cm³/mol. The van der Waals surface area contributed by atoms with E-state index in [1.165, 1.54) is 117 Å². The Bertz CT molecular complexity index is 3250. The summed E-state index contributed by atoms with van der Waals surface area (Å²) in [4.78, 5) is 86.9. The van der Waals surface area contributed by atoms with Gasteiger partial charge in [0.2, 0.25) is 11.8 Å². The number of aliphatic carboxylic acids is 3. The van der Waals surface area contributed by atoms with Crippen molar-refractivity contribution in [2.24, 2.45) is 5.92 Å². The quantitative estimate of drug-likeness (QED) is 0.00854. The number of ketones is 1. The standard InChI is InChI=1S/C24H26BrO2P.C12H20O.2C11H21NO.2C9H16O2.C7H6N4O.2C4H8O.C3H5.C3H8.CH2Cl2.BrH.ClH.Mg/c25-28(21-13-5-1-6-14-21,22-15-7-2-8-16-22,23-17-9-3-10-18-23)20-12-4-11-19-24(26)27;1-10(2)6-4-3-5-7-12(13)11-8-9-11;2*1-10(2)8-6-5-7-9-11(13)12(3)4;2*1-8(2)6-4-3-5-7-9(10)11;12-7(10-3-1-8-5-10)11-4-2-9-6-11;2*1-2-4-5-3-1;1-2-3-1;1-3-2;2-1-3;;;/h1-3,5-10,13-18H,4,11-12,19-20H2,(H,26,27);6,11H,3-5,7-9H2,1-2H3;2*8H,5-7,9H2,1-4H3;2*6H,3-5,7H2,1-2H3,(H,10,11);1-6H;2*1-4H2;1H,2-3H2;3H2,1-2H3;1H2;2*1H;/q;;;;;;;;;-1;;;;;+2/p-1. The number of benzene rings is 3. The second-order valence-electron chi connectivity index (χ2n) is 31.4. The summed E-state index contributed by atoms with van der Waals surface area (Å²) in [5.41, 5.74) is 6.71. The minimum atomic E-state index is -2.85. The molecule has 2 amide bonds. The molecule has 0 unspecified atom stereocenters. The molecule has 0 radical (unpaired) electrons. The van der Waals surface area contributed by atoms with Crippen LogP contribution in [0, 0.1) is 12.3 Å². The molecule has 5 aromatic rings. The van der Waals surface area contributed by atoms with E-state index in [1.54, 1.807) is 62.8 Å². The Morgan fingerprint density at radius 1 is 0.463 bits per heavy atom. The summed E-state index contributed by atoms with van der Waals surface area (Å²) in [6.45, 7) is 29.1. The number of carbonyl (C=O) groups is 7. The number of nitrogens with zero attached hydrogens (tertiary/aromatic N) is 6. The maximum absolute atomic E-state index is 11.4. The summed E-state index contributed by atoms with van der Waals surface area (Å²) in [7, 11) is 7.22. The second kappa shape index (κ2) is 85.8. The summed E-state index contributed by atoms with van der Waals surface area (Å²) in [5, 5.41) is 26.8. The summed E-state index contributed by atoms with van der Waals surface area (Å²) < 4.78 is 12.6. The second-order valence-corrected chi connectivity index (χ2v) is 41.3. The summed E-state index contributed by atoms with van der Waals surface area (Å²) in [5.74, 6) is -0.662. The van der Waals surface area contributed by atoms with Crippen LogP contribution in [0.2, 0.25) is 0 Å². The number of carboxylic acids is 3. The van der Waals surface area contributed by atoms with E-state index < -0.39 is 23.2 Å². The third kappa shape index (κ3) is 77.3. The number of rotatable bonds is 35. The molecular weight excluding hydrogens is 1770 g/mol. The molecule has 4 heterocycles. The molecular formula is C98H158Br2Cl3MgN6O12P. The van der Waals surface area contributed by atoms with E-state index in [0.717, 1.165) is 155 Å². The third-order valence-corrected chi connectivity index (χ3v) is 27.8. The van der Waals surface area contributed by atoms with Crippen LogP contribution in [0.15, 0.2) is 187 Å². The average Bonchev–Trinajstić information content (AvgIpc) is 1.24. The molecule has 0 bridgehead atoms. The Labute approximate surface area is 794 Å². The van der Waals surface area contributed by atoms with Gasteiger partial charge in [0.25, 0.3) is 0 Å². The number of allylic oxidation sites excluding steroid dienone is 10. The van der Waals surface area contributed by atoms with Crippen LogP contribution < -0.4 is 32.9 Å². The van der Waals surface area contributed by atoms with Gasteiger partial charge in [-0.1, -0.05) is 78.5 Å². The molecule has 3 N–H and O–H groups in total. The van der Waals surface area contributed by atoms with Crippen LogP contribution in [0.3, 0.4) is 0 Å². The molecule has 2 aromatic heterocycles. The van der Waals surface area contributed by atoms with E-state index >= 15 is 0 Å². The fraction of sp³-hybridized carbons (Fsp3) is 0.571. The molecule has 4 fully saturated rings. The maximum atomic E-state index is 11.4. The third-order valence-electron chi connectivity index (χ3n) is 17.8. The number of unbranched alkanes of at least 4 members (excludes halogenated alkanes) is 12. The normalized spacial score (nSPS) is 12.0. The van der Waals surface area contributed by atoms with Gasteiger partial charge < -0.3 is 52.9 Å². The predicted octanol–water partition coefficient (Wildman–Crippen LogP) is 22.4. The van der Waals surface area contributed by atoms with Gasteiger partial charge in [0.05, 0.1) is 5.34 Å². The molecule has 0 atom stereocenters. The SMILES string of the molecule is C1CCOC1.C1CCOC1.CC(C)=CCCCCC(=O)C1CC1.CC(C)=CCCCCC(=O)N(C)C.CC(C)=CCCCCC(=O)N(C)C.CC(C)=CCCCCC(=O)O.CC(C)=CCCCCC(=O)O.CCC.Cl.ClCCl.O=C(O)CCCCCP(Br)(c1ccccc1)(c1ccccc1)c1ccccc1.O=C(n1ccnc1)n1ccnc1.[Br-].[CH-]1CC1.[Mg+2]. The van der Waals surface area contributed by atoms with Gasteiger partial charge in [-0.05, 0) is 204 Å². The molecule has 694 valence electrons. The number of Topliss-reactive ketones (excluding diaryl/α,β-unsaturated/α-hetero) is 1. The van der Waals surface area contributed by atoms with Gasteiger partial charge in [-0.2, -0.15) is 0 Å². The smallest absolute Gasteiger partial charge is 1.00 e. The van der Waals surface area contributed by atoms with Crippen LogP contribution in [-0.4, -0.2) is 175 Å². The van der Waals surface area contributed by atoms with E-state index in [9.17, 15) is 33.6 Å². The largest absolute Gasteiger partial charge is 2.00 e. The Balaban J connectivity index is -0.000000319. The van der Waals surface area contributed by atoms with Crippen molar-refractivity contribution in [3.05, 3.63) is 193 Å². The number of hydrogen-bond donors (Lipinski definition) is 3. The topological polar surface area (TPSA) is 241 Å². The summed E-state index contributed by atoms with van der Waals surface area (Å²) in [6, 6.07) is 32.0. The zero-order valence-electron chi connectivity index (χ0n) is 78.0. The van der Waals surface area contributed by atoms with Crippen molar-refractivity contribution in [1.82, 2.24) is 28.9 Å². The van der Waals surface area contributed by atoms with Gasteiger partial charge in [0, 0.05) is 117 Å². The van der Waals surface area contributed by atoms with Crippen molar-refractivity contribution in [3.63, 3.8) is 0 Å². The van der Waals surface area contributed by atoms with Gasteiger partial charge in [0.1, 0.15) is 18.4 Å². The number of carboxylic acid groups (broad SMARTS) is 3. The van der Waals surface area contributed by atoms with E-state index in [4.69, 9.17) is 48.0 Å². The molecule has 4 aliphatic rings. The molecule has 2 saturated carbocycles. The zero-order chi connectivity index (χ0) is 90.5. The van der Waals surface area contributed by atoms with Crippen molar-refractivity contribution in [3.8, 4) is 0 Å². The Kier molecular flexibility index (Phi) is 89.5. The van der Waals surface area contributed by atoms with Crippen molar-refractivity contribution in [2.45, 2.75) is 295 Å². The monoisotopic (exact) mass is 1930 g/mol. The number of halogens is 5. The number of ether oxygens (including phenoxy) is 2. The van der Waals surface area contributed by atoms with E-state index in [2.05, 4.69) is 236 Å². The molecule has 18 nitrogen and oxygen atoms in total. The maximum Gasteiger partial charge on any atom is 2.00 e. The van der Waals surface area contributed by atoms with E-state index in [0.29, 0.717) is 43.8 Å². The van der Waals surface area contributed by atoms with Gasteiger partial charge in [-0.25, -0.2) is 27.6 Å². The number of alkyl halides is 2. The molecule has 25 heteroatoms. The zero-order valence-corrected chi connectivity index (χ0v) is 85.8. The first kappa shape index (κ1) is 128. The Morgan fingerprint density at radius 2 is 0.724 bits per heavy atom. The molecule has 2 saturated heterocycles. The van der Waals surface area contributed by atoms with Gasteiger partial charge in [-0.15, -0.1) is 35.6 Å². The summed E-state index contributed by atoms with van der Waals surface area (Å²) in [6.07, 6.45) is 55.8. The first-order chi connectivity index (χ1) is 57.3. The van der Waals surface area contributed by atoms with Crippen LogP contribution in [0.25, 0.3) is 0 Å². The molecule has 0 spiro atoms. The minimum Gasteiger partial charge on any atom is -1.00 e. The first-order valence-corrected chi connectivity index (χ1v) is 49.0. The van der Waals surface area contributed by atoms with Crippen molar-refractivity contribution >= 4 is 137 Å².